The number of carbonyl (C=O) groups excluding carboxylic acids is 1. The summed E-state index contributed by atoms with van der Waals surface area (Å²) < 4.78 is 32.7. The largest absolute Gasteiger partial charge is 0.484 e. The lowest BCUT2D eigenvalue weighted by Gasteiger charge is -2.21. The lowest BCUT2D eigenvalue weighted by atomic mass is 10.2. The Bertz CT molecular complexity index is 897. The quantitative estimate of drug-likeness (QED) is 0.376. The van der Waals surface area contributed by atoms with Gasteiger partial charge in [-0.05, 0) is 42.8 Å². The van der Waals surface area contributed by atoms with Gasteiger partial charge < -0.3 is 10.1 Å². The van der Waals surface area contributed by atoms with Crippen molar-refractivity contribution in [2.45, 2.75) is 37.5 Å². The van der Waals surface area contributed by atoms with Crippen LogP contribution in [0.4, 0.5) is 5.69 Å². The summed E-state index contributed by atoms with van der Waals surface area (Å²) in [6.45, 7) is 6.39. The van der Waals surface area contributed by atoms with Crippen LogP contribution in [0.3, 0.4) is 0 Å². The van der Waals surface area contributed by atoms with E-state index in [-0.39, 0.29) is 24.0 Å². The van der Waals surface area contributed by atoms with Crippen LogP contribution in [0.5, 0.6) is 5.75 Å². The van der Waals surface area contributed by atoms with Gasteiger partial charge in [0.15, 0.2) is 6.61 Å². The fourth-order valence-corrected chi connectivity index (χ4v) is 4.34. The molecule has 2 aromatic rings. The number of amides is 1. The van der Waals surface area contributed by atoms with Crippen molar-refractivity contribution in [3.63, 3.8) is 0 Å². The smallest absolute Gasteiger partial charge is 0.262 e. The number of anilines is 1. The fraction of sp³-hybridized carbons (Fsp3) is 0.348. The van der Waals surface area contributed by atoms with Crippen molar-refractivity contribution in [1.82, 2.24) is 4.31 Å². The Kier molecular flexibility index (Phi) is 9.57. The van der Waals surface area contributed by atoms with Crippen molar-refractivity contribution < 1.29 is 17.9 Å². The number of hydrogen-bond acceptors (Lipinski definition) is 4. The van der Waals surface area contributed by atoms with Crippen LogP contribution in [-0.2, 0) is 14.8 Å². The molecule has 2 rings (SSSR count). The predicted molar refractivity (Wildman–Crippen MR) is 120 cm³/mol. The number of rotatable bonds is 13. The summed E-state index contributed by atoms with van der Waals surface area (Å²) in [4.78, 5) is 12.3. The number of para-hydroxylation sites is 1. The van der Waals surface area contributed by atoms with Crippen molar-refractivity contribution in [3.05, 3.63) is 67.3 Å². The number of carbonyl (C=O) groups is 1. The molecule has 0 bridgehead atoms. The van der Waals surface area contributed by atoms with Crippen LogP contribution < -0.4 is 10.1 Å². The Morgan fingerprint density at radius 2 is 1.77 bits per heavy atom. The van der Waals surface area contributed by atoms with Crippen LogP contribution in [0, 0.1) is 0 Å². The molecule has 0 saturated carbocycles. The Morgan fingerprint density at radius 3 is 2.40 bits per heavy atom. The standard InChI is InChI=1S/C23H30N2O4S/c1-3-5-6-10-18-25(17-4-2)30(27,28)22-15-13-20(14-16-22)24-23(26)19-29-21-11-8-7-9-12-21/h4,7-9,11-16H,2-3,5-6,10,17-19H2,1H3,(H,24,26). The molecule has 0 atom stereocenters. The van der Waals surface area contributed by atoms with Gasteiger partial charge in [0.05, 0.1) is 4.90 Å². The molecule has 0 spiro atoms. The molecule has 0 saturated heterocycles. The molecule has 2 aromatic carbocycles. The van der Waals surface area contributed by atoms with Gasteiger partial charge >= 0.3 is 0 Å². The van der Waals surface area contributed by atoms with Crippen molar-refractivity contribution in [3.8, 4) is 5.75 Å². The van der Waals surface area contributed by atoms with E-state index in [0.717, 1.165) is 25.7 Å². The summed E-state index contributed by atoms with van der Waals surface area (Å²) in [5.74, 6) is 0.286. The maximum absolute atomic E-state index is 12.9. The van der Waals surface area contributed by atoms with Crippen molar-refractivity contribution in [2.75, 3.05) is 25.0 Å². The van der Waals surface area contributed by atoms with Crippen LogP contribution in [0.1, 0.15) is 32.6 Å². The molecule has 162 valence electrons. The number of nitrogens with zero attached hydrogens (tertiary/aromatic N) is 1. The zero-order valence-corrected chi connectivity index (χ0v) is 18.2. The third-order valence-corrected chi connectivity index (χ3v) is 6.36. The summed E-state index contributed by atoms with van der Waals surface area (Å²) in [6.07, 6.45) is 5.59. The summed E-state index contributed by atoms with van der Waals surface area (Å²) in [7, 11) is -3.62. The second kappa shape index (κ2) is 12.1. The van der Waals surface area contributed by atoms with Crippen molar-refractivity contribution >= 4 is 21.6 Å². The molecular weight excluding hydrogens is 400 g/mol. The third kappa shape index (κ3) is 7.31. The highest BCUT2D eigenvalue weighted by Crippen LogP contribution is 2.19. The number of benzene rings is 2. The van der Waals surface area contributed by atoms with E-state index in [2.05, 4.69) is 18.8 Å². The molecule has 0 aliphatic carbocycles. The van der Waals surface area contributed by atoms with Gasteiger partial charge in [0.2, 0.25) is 10.0 Å². The highest BCUT2D eigenvalue weighted by atomic mass is 32.2. The van der Waals surface area contributed by atoms with Crippen LogP contribution in [0.15, 0.2) is 72.1 Å². The third-order valence-electron chi connectivity index (χ3n) is 4.48. The Labute approximate surface area is 179 Å². The van der Waals surface area contributed by atoms with Crippen LogP contribution in [0.25, 0.3) is 0 Å². The monoisotopic (exact) mass is 430 g/mol. The lowest BCUT2D eigenvalue weighted by Crippen LogP contribution is -2.32. The van der Waals surface area contributed by atoms with E-state index in [0.29, 0.717) is 18.0 Å². The molecule has 0 radical (unpaired) electrons. The normalized spacial score (nSPS) is 11.3. The maximum Gasteiger partial charge on any atom is 0.262 e. The highest BCUT2D eigenvalue weighted by molar-refractivity contribution is 7.89. The molecule has 0 aliphatic heterocycles. The van der Waals surface area contributed by atoms with Gasteiger partial charge in [-0.3, -0.25) is 4.79 Å². The first-order valence-electron chi connectivity index (χ1n) is 10.2. The van der Waals surface area contributed by atoms with Gasteiger partial charge in [0, 0.05) is 18.8 Å². The second-order valence-corrected chi connectivity index (χ2v) is 8.82. The molecule has 6 nitrogen and oxygen atoms in total. The molecule has 0 aliphatic rings. The number of nitrogens with one attached hydrogen (secondary N) is 1. The van der Waals surface area contributed by atoms with Gasteiger partial charge in [0.25, 0.3) is 5.91 Å². The van der Waals surface area contributed by atoms with Crippen LogP contribution in [-0.4, -0.2) is 38.3 Å². The fourth-order valence-electron chi connectivity index (χ4n) is 2.89. The first-order chi connectivity index (χ1) is 14.5. The van der Waals surface area contributed by atoms with E-state index in [4.69, 9.17) is 4.74 Å². The van der Waals surface area contributed by atoms with E-state index in [9.17, 15) is 13.2 Å². The molecule has 1 amide bonds. The molecule has 0 aromatic heterocycles. The first-order valence-corrected chi connectivity index (χ1v) is 11.6. The number of ether oxygens (including phenoxy) is 1. The maximum atomic E-state index is 12.9. The highest BCUT2D eigenvalue weighted by Gasteiger charge is 2.23. The predicted octanol–water partition coefficient (Wildman–Crippen LogP) is 4.46. The zero-order valence-electron chi connectivity index (χ0n) is 17.4. The van der Waals surface area contributed by atoms with E-state index in [1.807, 2.05) is 18.2 Å². The average molecular weight is 431 g/mol. The number of hydrogen-bond donors (Lipinski definition) is 1. The van der Waals surface area contributed by atoms with Crippen LogP contribution >= 0.6 is 0 Å². The molecule has 0 fully saturated rings. The van der Waals surface area contributed by atoms with Gasteiger partial charge in [-0.25, -0.2) is 8.42 Å². The van der Waals surface area contributed by atoms with Crippen molar-refractivity contribution in [2.24, 2.45) is 0 Å². The molecule has 1 N–H and O–H groups in total. The Hall–Kier alpha value is -2.64. The topological polar surface area (TPSA) is 75.7 Å². The summed E-state index contributed by atoms with van der Waals surface area (Å²) >= 11 is 0. The molecule has 0 heterocycles. The van der Waals surface area contributed by atoms with Gasteiger partial charge in [-0.15, -0.1) is 6.58 Å². The SMILES string of the molecule is C=CCN(CCCCCC)S(=O)(=O)c1ccc(NC(=O)COc2ccccc2)cc1. The van der Waals surface area contributed by atoms with Crippen LogP contribution in [0.2, 0.25) is 0 Å². The lowest BCUT2D eigenvalue weighted by molar-refractivity contribution is -0.118. The van der Waals surface area contributed by atoms with Crippen molar-refractivity contribution in [1.29, 1.82) is 0 Å². The van der Waals surface area contributed by atoms with Gasteiger partial charge in [-0.1, -0.05) is 50.5 Å². The van der Waals surface area contributed by atoms with Gasteiger partial charge in [-0.2, -0.15) is 4.31 Å². The van der Waals surface area contributed by atoms with E-state index in [1.54, 1.807) is 30.3 Å². The van der Waals surface area contributed by atoms with E-state index < -0.39 is 10.0 Å². The minimum absolute atomic E-state index is 0.130. The summed E-state index contributed by atoms with van der Waals surface area (Å²) in [6, 6.07) is 15.2. The summed E-state index contributed by atoms with van der Waals surface area (Å²) in [5, 5.41) is 2.71. The average Bonchev–Trinajstić information content (AvgIpc) is 2.75. The first kappa shape index (κ1) is 23.6. The van der Waals surface area contributed by atoms with Gasteiger partial charge in [0.1, 0.15) is 5.75 Å². The minimum Gasteiger partial charge on any atom is -0.484 e. The Balaban J connectivity index is 1.96. The number of unbranched alkanes of at least 4 members (excludes halogenated alkanes) is 3. The summed E-state index contributed by atoms with van der Waals surface area (Å²) in [5.41, 5.74) is 0.508. The molecular formula is C23H30N2O4S. The molecule has 30 heavy (non-hydrogen) atoms. The second-order valence-electron chi connectivity index (χ2n) is 6.89. The Morgan fingerprint density at radius 1 is 1.07 bits per heavy atom. The molecule has 7 heteroatoms. The molecule has 0 unspecified atom stereocenters. The van der Waals surface area contributed by atoms with E-state index >= 15 is 0 Å². The van der Waals surface area contributed by atoms with E-state index in [1.165, 1.54) is 16.4 Å². The zero-order chi connectivity index (χ0) is 21.8. The minimum atomic E-state index is -3.62. The number of sulfonamides is 1.